The molecule has 2 amide bonds. The summed E-state index contributed by atoms with van der Waals surface area (Å²) >= 11 is 0. The van der Waals surface area contributed by atoms with Gasteiger partial charge in [-0.25, -0.2) is 4.79 Å². The summed E-state index contributed by atoms with van der Waals surface area (Å²) in [7, 11) is 0. The van der Waals surface area contributed by atoms with Crippen molar-refractivity contribution < 1.29 is 24.2 Å². The normalized spacial score (nSPS) is 19.3. The van der Waals surface area contributed by atoms with Crippen molar-refractivity contribution in [2.75, 3.05) is 13.2 Å². The second kappa shape index (κ2) is 9.49. The maximum atomic E-state index is 13.0. The Hall–Kier alpha value is -3.35. The van der Waals surface area contributed by atoms with Gasteiger partial charge >= 0.3 is 12.1 Å². The van der Waals surface area contributed by atoms with E-state index in [4.69, 9.17) is 4.74 Å². The molecule has 0 aliphatic heterocycles. The summed E-state index contributed by atoms with van der Waals surface area (Å²) in [4.78, 5) is 38.3. The lowest BCUT2D eigenvalue weighted by Crippen LogP contribution is -2.50. The van der Waals surface area contributed by atoms with Gasteiger partial charge in [0, 0.05) is 23.4 Å². The third kappa shape index (κ3) is 4.93. The molecule has 7 nitrogen and oxygen atoms in total. The number of aliphatic carboxylic acids is 1. The molecule has 0 spiro atoms. The average molecular weight is 465 g/mol. The minimum Gasteiger partial charge on any atom is -0.480 e. The van der Waals surface area contributed by atoms with E-state index in [1.54, 1.807) is 0 Å². The number of ether oxygens (including phenoxy) is 1. The molecule has 2 atom stereocenters. The molecular weight excluding hydrogens is 432 g/mol. The molecule has 0 bridgehead atoms. The molecule has 2 aliphatic carbocycles. The summed E-state index contributed by atoms with van der Waals surface area (Å²) in [5, 5.41) is 12.1. The van der Waals surface area contributed by atoms with Crippen molar-refractivity contribution in [3.8, 4) is 11.1 Å². The molecule has 34 heavy (non-hydrogen) atoms. The Bertz CT molecular complexity index is 1040. The molecule has 0 heterocycles. The van der Waals surface area contributed by atoms with Crippen molar-refractivity contribution in [3.63, 3.8) is 0 Å². The van der Waals surface area contributed by atoms with E-state index in [2.05, 4.69) is 29.6 Å². The number of benzene rings is 2. The standard InChI is InChI=1S/C27H32N2O5/c1-27(2,3)29(15-24(30)31)25(32)17-12-13-18(14-17)28-26(33)34-16-23-21-10-6-4-8-19(21)20-9-5-7-11-22(20)23/h4-11,17-18,23H,12-16H2,1-3H3,(H,28,33)(H,30,31). The van der Waals surface area contributed by atoms with Crippen molar-refractivity contribution in [3.05, 3.63) is 59.7 Å². The molecule has 7 heteroatoms. The zero-order valence-electron chi connectivity index (χ0n) is 19.9. The van der Waals surface area contributed by atoms with Crippen LogP contribution in [0.2, 0.25) is 0 Å². The fraction of sp³-hybridized carbons (Fsp3) is 0.444. The SMILES string of the molecule is CC(C)(C)N(CC(=O)O)C(=O)C1CCC(NC(=O)OCC2c3ccccc3-c3ccccc32)C1. The first-order chi connectivity index (χ1) is 16.1. The summed E-state index contributed by atoms with van der Waals surface area (Å²) < 4.78 is 5.63. The van der Waals surface area contributed by atoms with Crippen molar-refractivity contribution in [1.82, 2.24) is 10.2 Å². The lowest BCUT2D eigenvalue weighted by Gasteiger charge is -2.36. The highest BCUT2D eigenvalue weighted by Gasteiger charge is 2.38. The highest BCUT2D eigenvalue weighted by Crippen LogP contribution is 2.44. The molecule has 2 aromatic rings. The highest BCUT2D eigenvalue weighted by molar-refractivity contribution is 5.84. The smallest absolute Gasteiger partial charge is 0.407 e. The molecule has 4 rings (SSSR count). The van der Waals surface area contributed by atoms with Crippen LogP contribution in [0.1, 0.15) is 57.1 Å². The predicted molar refractivity (Wildman–Crippen MR) is 128 cm³/mol. The van der Waals surface area contributed by atoms with Crippen LogP contribution in [0.25, 0.3) is 11.1 Å². The van der Waals surface area contributed by atoms with Crippen LogP contribution in [0.4, 0.5) is 4.79 Å². The van der Waals surface area contributed by atoms with Crippen molar-refractivity contribution in [1.29, 1.82) is 0 Å². The Morgan fingerprint density at radius 2 is 1.59 bits per heavy atom. The second-order valence-corrected chi connectivity index (χ2v) is 10.2. The number of nitrogens with zero attached hydrogens (tertiary/aromatic N) is 1. The van der Waals surface area contributed by atoms with E-state index in [0.717, 1.165) is 11.1 Å². The number of rotatable bonds is 6. The summed E-state index contributed by atoms with van der Waals surface area (Å²) in [5.41, 5.74) is 4.07. The van der Waals surface area contributed by atoms with E-state index in [-0.39, 0.29) is 36.9 Å². The maximum absolute atomic E-state index is 13.0. The van der Waals surface area contributed by atoms with Gasteiger partial charge in [0.2, 0.25) is 5.91 Å². The zero-order chi connectivity index (χ0) is 24.5. The molecule has 0 radical (unpaired) electrons. The number of carboxylic acid groups (broad SMARTS) is 1. The van der Waals surface area contributed by atoms with E-state index >= 15 is 0 Å². The van der Waals surface area contributed by atoms with E-state index in [1.807, 2.05) is 45.0 Å². The molecule has 0 aromatic heterocycles. The van der Waals surface area contributed by atoms with Crippen LogP contribution in [0.15, 0.2) is 48.5 Å². The van der Waals surface area contributed by atoms with Crippen molar-refractivity contribution in [2.24, 2.45) is 5.92 Å². The van der Waals surface area contributed by atoms with Gasteiger partial charge in [-0.1, -0.05) is 48.5 Å². The number of hydrogen-bond donors (Lipinski definition) is 2. The van der Waals surface area contributed by atoms with Gasteiger partial charge in [0.25, 0.3) is 0 Å². The first-order valence-corrected chi connectivity index (χ1v) is 11.8. The number of carboxylic acids is 1. The highest BCUT2D eigenvalue weighted by atomic mass is 16.5. The molecule has 1 fully saturated rings. The first kappa shape index (κ1) is 23.8. The molecule has 0 saturated heterocycles. The van der Waals surface area contributed by atoms with Gasteiger partial charge in [-0.05, 0) is 62.3 Å². The summed E-state index contributed by atoms with van der Waals surface area (Å²) in [6.45, 7) is 5.40. The topological polar surface area (TPSA) is 95.9 Å². The third-order valence-corrected chi connectivity index (χ3v) is 6.82. The lowest BCUT2D eigenvalue weighted by atomic mass is 9.98. The lowest BCUT2D eigenvalue weighted by molar-refractivity contribution is -0.150. The molecule has 2 unspecified atom stereocenters. The van der Waals surface area contributed by atoms with Crippen LogP contribution in [0.3, 0.4) is 0 Å². The molecule has 180 valence electrons. The molecule has 2 N–H and O–H groups in total. The number of nitrogens with one attached hydrogen (secondary N) is 1. The number of carbonyl (C=O) groups is 3. The van der Waals surface area contributed by atoms with Gasteiger partial charge in [-0.15, -0.1) is 0 Å². The zero-order valence-corrected chi connectivity index (χ0v) is 19.9. The fourth-order valence-electron chi connectivity index (χ4n) is 5.14. The Balaban J connectivity index is 1.33. The molecular formula is C27H32N2O5. The third-order valence-electron chi connectivity index (χ3n) is 6.82. The van der Waals surface area contributed by atoms with Crippen LogP contribution in [-0.4, -0.2) is 52.7 Å². The van der Waals surface area contributed by atoms with Gasteiger partial charge in [-0.3, -0.25) is 9.59 Å². The van der Waals surface area contributed by atoms with Crippen molar-refractivity contribution in [2.45, 2.75) is 57.5 Å². The number of amides is 2. The molecule has 2 aromatic carbocycles. The monoisotopic (exact) mass is 464 g/mol. The minimum absolute atomic E-state index is 0.00702. The summed E-state index contributed by atoms with van der Waals surface area (Å²) in [5.74, 6) is -1.52. The Morgan fingerprint density at radius 1 is 1.00 bits per heavy atom. The number of hydrogen-bond acceptors (Lipinski definition) is 4. The van der Waals surface area contributed by atoms with Gasteiger partial charge in [0.1, 0.15) is 13.2 Å². The van der Waals surface area contributed by atoms with Gasteiger partial charge in [0.05, 0.1) is 0 Å². The maximum Gasteiger partial charge on any atom is 0.407 e. The van der Waals surface area contributed by atoms with E-state index in [1.165, 1.54) is 16.0 Å². The number of fused-ring (bicyclic) bond motifs is 3. The minimum atomic E-state index is -1.03. The van der Waals surface area contributed by atoms with Crippen LogP contribution >= 0.6 is 0 Å². The number of alkyl carbamates (subject to hydrolysis) is 1. The van der Waals surface area contributed by atoms with E-state index in [0.29, 0.717) is 19.3 Å². The van der Waals surface area contributed by atoms with Crippen LogP contribution in [0, 0.1) is 5.92 Å². The number of carbonyl (C=O) groups excluding carboxylic acids is 2. The summed E-state index contributed by atoms with van der Waals surface area (Å²) in [6, 6.07) is 16.2. The van der Waals surface area contributed by atoms with Gasteiger partial charge in [0.15, 0.2) is 0 Å². The van der Waals surface area contributed by atoms with Crippen LogP contribution in [0.5, 0.6) is 0 Å². The van der Waals surface area contributed by atoms with Gasteiger partial charge in [-0.2, -0.15) is 0 Å². The molecule has 2 aliphatic rings. The molecule has 1 saturated carbocycles. The summed E-state index contributed by atoms with van der Waals surface area (Å²) in [6.07, 6.45) is 1.26. The Morgan fingerprint density at radius 3 is 2.15 bits per heavy atom. The quantitative estimate of drug-likeness (QED) is 0.660. The average Bonchev–Trinajstić information content (AvgIpc) is 3.37. The van der Waals surface area contributed by atoms with Gasteiger partial charge < -0.3 is 20.1 Å². The van der Waals surface area contributed by atoms with Crippen LogP contribution in [-0.2, 0) is 14.3 Å². The Labute approximate surface area is 200 Å². The largest absolute Gasteiger partial charge is 0.480 e. The van der Waals surface area contributed by atoms with E-state index < -0.39 is 17.6 Å². The van der Waals surface area contributed by atoms with E-state index in [9.17, 15) is 19.5 Å². The second-order valence-electron chi connectivity index (χ2n) is 10.2. The first-order valence-electron chi connectivity index (χ1n) is 11.8. The predicted octanol–water partition coefficient (Wildman–Crippen LogP) is 4.41. The Kier molecular flexibility index (Phi) is 6.64. The van der Waals surface area contributed by atoms with Crippen molar-refractivity contribution >= 4 is 18.0 Å². The fourth-order valence-corrected chi connectivity index (χ4v) is 5.14. The van der Waals surface area contributed by atoms with Crippen LogP contribution < -0.4 is 5.32 Å².